The molecule has 2 rings (SSSR count). The maximum atomic E-state index is 6.17. The van der Waals surface area contributed by atoms with Crippen LogP contribution in [0.2, 0.25) is 10.0 Å². The number of nitrogens with one attached hydrogen (secondary N) is 1. The quantitative estimate of drug-likeness (QED) is 0.896. The van der Waals surface area contributed by atoms with Crippen LogP contribution in [0.25, 0.3) is 10.6 Å². The zero-order valence-corrected chi connectivity index (χ0v) is 13.1. The number of hydrogen-bond donors (Lipinski definition) is 1. The Morgan fingerprint density at radius 3 is 2.79 bits per heavy atom. The van der Waals surface area contributed by atoms with Crippen LogP contribution in [0.4, 0.5) is 0 Å². The van der Waals surface area contributed by atoms with Gasteiger partial charge in [0, 0.05) is 12.1 Å². The minimum absolute atomic E-state index is 0.530. The molecule has 0 unspecified atom stereocenters. The van der Waals surface area contributed by atoms with Crippen molar-refractivity contribution in [1.29, 1.82) is 0 Å². The molecule has 0 aliphatic carbocycles. The Bertz CT molecular complexity index is 555. The van der Waals surface area contributed by atoms with Gasteiger partial charge in [0.05, 0.1) is 10.0 Å². The summed E-state index contributed by atoms with van der Waals surface area (Å²) in [5.41, 5.74) is 0.835. The summed E-state index contributed by atoms with van der Waals surface area (Å²) in [6.07, 6.45) is 0. The fourth-order valence-corrected chi connectivity index (χ4v) is 2.86. The van der Waals surface area contributed by atoms with Crippen molar-refractivity contribution in [2.24, 2.45) is 5.92 Å². The summed E-state index contributed by atoms with van der Waals surface area (Å²) in [5.74, 6) is 0.620. The first-order valence-corrected chi connectivity index (χ1v) is 7.62. The van der Waals surface area contributed by atoms with E-state index in [2.05, 4.69) is 29.4 Å². The summed E-state index contributed by atoms with van der Waals surface area (Å²) in [7, 11) is 0. The van der Waals surface area contributed by atoms with Crippen LogP contribution >= 0.6 is 34.5 Å². The molecule has 0 saturated heterocycles. The summed E-state index contributed by atoms with van der Waals surface area (Å²) in [6, 6.07) is 5.53. The molecule has 3 nitrogen and oxygen atoms in total. The van der Waals surface area contributed by atoms with Gasteiger partial charge in [-0.05, 0) is 18.5 Å². The molecule has 6 heteroatoms. The van der Waals surface area contributed by atoms with Gasteiger partial charge >= 0.3 is 0 Å². The van der Waals surface area contributed by atoms with Gasteiger partial charge in [-0.3, -0.25) is 0 Å². The van der Waals surface area contributed by atoms with Crippen LogP contribution in [0.15, 0.2) is 18.2 Å². The van der Waals surface area contributed by atoms with Crippen molar-refractivity contribution in [3.8, 4) is 10.6 Å². The minimum atomic E-state index is 0.530. The topological polar surface area (TPSA) is 37.8 Å². The molecule has 1 aromatic heterocycles. The van der Waals surface area contributed by atoms with Gasteiger partial charge in [0.15, 0.2) is 0 Å². The largest absolute Gasteiger partial charge is 0.310 e. The van der Waals surface area contributed by atoms with E-state index >= 15 is 0 Å². The monoisotopic (exact) mass is 315 g/mol. The molecule has 1 heterocycles. The highest BCUT2D eigenvalue weighted by Gasteiger charge is 2.12. The molecule has 0 saturated carbocycles. The number of hydrogen-bond acceptors (Lipinski definition) is 4. The third kappa shape index (κ3) is 3.89. The minimum Gasteiger partial charge on any atom is -0.310 e. The summed E-state index contributed by atoms with van der Waals surface area (Å²) < 4.78 is 0. The third-order valence-electron chi connectivity index (χ3n) is 2.48. The van der Waals surface area contributed by atoms with E-state index in [9.17, 15) is 0 Å². The lowest BCUT2D eigenvalue weighted by Crippen LogP contribution is -2.18. The van der Waals surface area contributed by atoms with Crippen molar-refractivity contribution in [1.82, 2.24) is 15.5 Å². The summed E-state index contributed by atoms with van der Waals surface area (Å²) in [5, 5.41) is 14.5. The molecule has 19 heavy (non-hydrogen) atoms. The van der Waals surface area contributed by atoms with Crippen LogP contribution in [-0.2, 0) is 6.54 Å². The highest BCUT2D eigenvalue weighted by molar-refractivity contribution is 7.14. The number of rotatable bonds is 5. The number of halogens is 2. The van der Waals surface area contributed by atoms with E-state index in [1.165, 1.54) is 11.3 Å². The van der Waals surface area contributed by atoms with Crippen LogP contribution in [0, 0.1) is 5.92 Å². The Morgan fingerprint density at radius 1 is 1.26 bits per heavy atom. The molecule has 0 aliphatic rings. The van der Waals surface area contributed by atoms with Crippen molar-refractivity contribution in [3.63, 3.8) is 0 Å². The maximum absolute atomic E-state index is 6.17. The molecule has 0 bridgehead atoms. The first-order chi connectivity index (χ1) is 9.08. The zero-order valence-electron chi connectivity index (χ0n) is 10.8. The average Bonchev–Trinajstić information content (AvgIpc) is 2.81. The van der Waals surface area contributed by atoms with Crippen LogP contribution in [0.5, 0.6) is 0 Å². The smallest absolute Gasteiger partial charge is 0.149 e. The molecule has 0 fully saturated rings. The van der Waals surface area contributed by atoms with Gasteiger partial charge in [-0.25, -0.2) is 0 Å². The van der Waals surface area contributed by atoms with Gasteiger partial charge in [0.2, 0.25) is 0 Å². The van der Waals surface area contributed by atoms with Crippen LogP contribution in [-0.4, -0.2) is 16.7 Å². The van der Waals surface area contributed by atoms with Crippen LogP contribution in [0.3, 0.4) is 0 Å². The standard InChI is InChI=1S/C13H15Cl2N3S/c1-8(2)6-16-7-11-17-18-13(19-11)9-4-3-5-10(14)12(9)15/h3-5,8,16H,6-7H2,1-2H3. The molecule has 0 atom stereocenters. The van der Waals surface area contributed by atoms with Gasteiger partial charge in [-0.1, -0.05) is 60.5 Å². The van der Waals surface area contributed by atoms with E-state index in [-0.39, 0.29) is 0 Å². The highest BCUT2D eigenvalue weighted by atomic mass is 35.5. The lowest BCUT2D eigenvalue weighted by atomic mass is 10.2. The number of nitrogens with zero attached hydrogens (tertiary/aromatic N) is 2. The lowest BCUT2D eigenvalue weighted by Gasteiger charge is -2.04. The fourth-order valence-electron chi connectivity index (χ4n) is 1.57. The Hall–Kier alpha value is -0.680. The second-order valence-electron chi connectivity index (χ2n) is 4.63. The van der Waals surface area contributed by atoms with Crippen LogP contribution in [0.1, 0.15) is 18.9 Å². The highest BCUT2D eigenvalue weighted by Crippen LogP contribution is 2.34. The van der Waals surface area contributed by atoms with E-state index in [1.807, 2.05) is 12.1 Å². The predicted molar refractivity (Wildman–Crippen MR) is 81.9 cm³/mol. The van der Waals surface area contributed by atoms with Crippen molar-refractivity contribution < 1.29 is 0 Å². The molecule has 2 aromatic rings. The van der Waals surface area contributed by atoms with E-state index in [4.69, 9.17) is 23.2 Å². The lowest BCUT2D eigenvalue weighted by molar-refractivity contribution is 0.550. The Kier molecular flexibility index (Phi) is 5.16. The van der Waals surface area contributed by atoms with E-state index in [0.29, 0.717) is 16.0 Å². The normalized spacial score (nSPS) is 11.2. The van der Waals surface area contributed by atoms with Gasteiger partial charge in [-0.2, -0.15) is 0 Å². The Morgan fingerprint density at radius 2 is 2.05 bits per heavy atom. The predicted octanol–water partition coefficient (Wildman–Crippen LogP) is 4.26. The molecule has 102 valence electrons. The molecule has 0 radical (unpaired) electrons. The molecular weight excluding hydrogens is 301 g/mol. The Labute approximate surface area is 127 Å². The molecule has 0 aliphatic heterocycles. The van der Waals surface area contributed by atoms with E-state index in [1.54, 1.807) is 6.07 Å². The summed E-state index contributed by atoms with van der Waals surface area (Å²) in [4.78, 5) is 0. The second kappa shape index (κ2) is 6.66. The van der Waals surface area contributed by atoms with Gasteiger partial charge in [0.1, 0.15) is 10.0 Å². The van der Waals surface area contributed by atoms with Crippen molar-refractivity contribution in [2.75, 3.05) is 6.54 Å². The first kappa shape index (κ1) is 14.7. The maximum Gasteiger partial charge on any atom is 0.149 e. The zero-order chi connectivity index (χ0) is 13.8. The SMILES string of the molecule is CC(C)CNCc1nnc(-c2cccc(Cl)c2Cl)s1. The number of benzene rings is 1. The van der Waals surface area contributed by atoms with Gasteiger partial charge in [-0.15, -0.1) is 10.2 Å². The molecule has 0 spiro atoms. The van der Waals surface area contributed by atoms with Crippen molar-refractivity contribution in [3.05, 3.63) is 33.3 Å². The summed E-state index contributed by atoms with van der Waals surface area (Å²) in [6.45, 7) is 6.04. The van der Waals surface area contributed by atoms with Crippen molar-refractivity contribution in [2.45, 2.75) is 20.4 Å². The molecule has 1 N–H and O–H groups in total. The van der Waals surface area contributed by atoms with Gasteiger partial charge < -0.3 is 5.32 Å². The fraction of sp³-hybridized carbons (Fsp3) is 0.385. The van der Waals surface area contributed by atoms with Gasteiger partial charge in [0.25, 0.3) is 0 Å². The molecular formula is C13H15Cl2N3S. The molecule has 0 amide bonds. The van der Waals surface area contributed by atoms with E-state index in [0.717, 1.165) is 28.7 Å². The third-order valence-corrected chi connectivity index (χ3v) is 4.25. The van der Waals surface area contributed by atoms with E-state index < -0.39 is 0 Å². The first-order valence-electron chi connectivity index (χ1n) is 6.05. The summed E-state index contributed by atoms with van der Waals surface area (Å²) >= 11 is 13.7. The second-order valence-corrected chi connectivity index (χ2v) is 6.47. The number of aromatic nitrogens is 2. The van der Waals surface area contributed by atoms with Crippen LogP contribution < -0.4 is 5.32 Å². The van der Waals surface area contributed by atoms with Crippen molar-refractivity contribution >= 4 is 34.5 Å². The Balaban J connectivity index is 2.10. The molecule has 1 aromatic carbocycles. The average molecular weight is 316 g/mol.